The van der Waals surface area contributed by atoms with Gasteiger partial charge in [-0.2, -0.15) is 0 Å². The van der Waals surface area contributed by atoms with Crippen LogP contribution in [0.5, 0.6) is 5.75 Å². The Kier molecular flexibility index (Phi) is 6.67. The Hall–Kier alpha value is -1.79. The fourth-order valence-corrected chi connectivity index (χ4v) is 2.60. The maximum absolute atomic E-state index is 11.9. The van der Waals surface area contributed by atoms with Crippen molar-refractivity contribution in [2.24, 2.45) is 0 Å². The second-order valence-electron chi connectivity index (χ2n) is 6.23. The normalized spacial score (nSPS) is 20.7. The summed E-state index contributed by atoms with van der Waals surface area (Å²) in [5.74, 6) is 0.814. The van der Waals surface area contributed by atoms with Gasteiger partial charge in [0.2, 0.25) is 0 Å². The van der Waals surface area contributed by atoms with Crippen molar-refractivity contribution in [1.82, 2.24) is 20.4 Å². The molecule has 0 bridgehead atoms. The molecule has 0 radical (unpaired) electrons. The summed E-state index contributed by atoms with van der Waals surface area (Å²) >= 11 is 0. The summed E-state index contributed by atoms with van der Waals surface area (Å²) in [6.45, 7) is 6.16. The first-order chi connectivity index (χ1) is 11.0. The van der Waals surface area contributed by atoms with Crippen LogP contribution in [0.15, 0.2) is 30.3 Å². The smallest absolute Gasteiger partial charge is 0.314 e. The van der Waals surface area contributed by atoms with E-state index in [1.807, 2.05) is 37.3 Å². The summed E-state index contributed by atoms with van der Waals surface area (Å²) in [6, 6.07) is 9.84. The third-order valence-corrected chi connectivity index (χ3v) is 4.11. The average Bonchev–Trinajstić information content (AvgIpc) is 2.54. The molecule has 1 aromatic rings. The molecule has 1 saturated heterocycles. The standard InChI is InChI=1S/C17H28N4O2/c1-14(23-16-7-5-4-6-8-16)11-18-17(22)19-12-15-13-20(2)9-10-21(15)3/h4-8,14-15H,9-13H2,1-3H3,(H2,18,19,22). The molecular formula is C17H28N4O2. The highest BCUT2D eigenvalue weighted by Crippen LogP contribution is 2.10. The lowest BCUT2D eigenvalue weighted by Crippen LogP contribution is -2.55. The Bertz CT molecular complexity index is 483. The van der Waals surface area contributed by atoms with E-state index in [0.29, 0.717) is 19.1 Å². The fraction of sp³-hybridized carbons (Fsp3) is 0.588. The number of carbonyl (C=O) groups is 1. The van der Waals surface area contributed by atoms with Crippen molar-refractivity contribution in [2.75, 3.05) is 46.8 Å². The highest BCUT2D eigenvalue weighted by atomic mass is 16.5. The molecule has 1 aliphatic heterocycles. The number of hydrogen-bond donors (Lipinski definition) is 2. The molecule has 6 nitrogen and oxygen atoms in total. The van der Waals surface area contributed by atoms with Gasteiger partial charge in [0.25, 0.3) is 0 Å². The van der Waals surface area contributed by atoms with E-state index in [1.54, 1.807) is 0 Å². The first-order valence-electron chi connectivity index (χ1n) is 8.17. The molecule has 2 unspecified atom stereocenters. The number of benzene rings is 1. The van der Waals surface area contributed by atoms with Crippen LogP contribution in [-0.2, 0) is 0 Å². The molecular weight excluding hydrogens is 292 g/mol. The first kappa shape index (κ1) is 17.6. The minimum Gasteiger partial charge on any atom is -0.489 e. The molecule has 0 aliphatic carbocycles. The van der Waals surface area contributed by atoms with E-state index in [2.05, 4.69) is 34.5 Å². The number of piperazine rings is 1. The van der Waals surface area contributed by atoms with Crippen LogP contribution in [0.1, 0.15) is 6.92 Å². The zero-order valence-corrected chi connectivity index (χ0v) is 14.3. The zero-order valence-electron chi connectivity index (χ0n) is 14.3. The Labute approximate surface area is 138 Å². The Morgan fingerprint density at radius 3 is 2.74 bits per heavy atom. The second kappa shape index (κ2) is 8.74. The summed E-state index contributed by atoms with van der Waals surface area (Å²) in [4.78, 5) is 16.5. The summed E-state index contributed by atoms with van der Waals surface area (Å²) < 4.78 is 5.73. The lowest BCUT2D eigenvalue weighted by molar-refractivity contribution is 0.114. The highest BCUT2D eigenvalue weighted by Gasteiger charge is 2.22. The molecule has 1 heterocycles. The number of carbonyl (C=O) groups excluding carboxylic acids is 1. The van der Waals surface area contributed by atoms with Crippen LogP contribution in [-0.4, -0.2) is 74.8 Å². The third kappa shape index (κ3) is 6.08. The predicted molar refractivity (Wildman–Crippen MR) is 91.8 cm³/mol. The topological polar surface area (TPSA) is 56.8 Å². The number of urea groups is 1. The molecule has 0 aromatic heterocycles. The van der Waals surface area contributed by atoms with Gasteiger partial charge in [0.05, 0.1) is 6.54 Å². The van der Waals surface area contributed by atoms with E-state index in [1.165, 1.54) is 0 Å². The van der Waals surface area contributed by atoms with Gasteiger partial charge in [-0.3, -0.25) is 4.90 Å². The molecule has 1 fully saturated rings. The molecule has 2 atom stereocenters. The van der Waals surface area contributed by atoms with Crippen LogP contribution < -0.4 is 15.4 Å². The molecule has 23 heavy (non-hydrogen) atoms. The summed E-state index contributed by atoms with van der Waals surface area (Å²) in [5.41, 5.74) is 0. The van der Waals surface area contributed by atoms with Crippen molar-refractivity contribution in [3.05, 3.63) is 30.3 Å². The lowest BCUT2D eigenvalue weighted by Gasteiger charge is -2.37. The molecule has 1 aromatic carbocycles. The maximum Gasteiger partial charge on any atom is 0.314 e. The van der Waals surface area contributed by atoms with Gasteiger partial charge in [0.15, 0.2) is 0 Å². The molecule has 0 spiro atoms. The predicted octanol–water partition coefficient (Wildman–Crippen LogP) is 0.999. The second-order valence-corrected chi connectivity index (χ2v) is 6.23. The van der Waals surface area contributed by atoms with Crippen LogP contribution >= 0.6 is 0 Å². The van der Waals surface area contributed by atoms with E-state index < -0.39 is 0 Å². The van der Waals surface area contributed by atoms with E-state index in [0.717, 1.165) is 25.4 Å². The molecule has 6 heteroatoms. The van der Waals surface area contributed by atoms with Gasteiger partial charge in [-0.1, -0.05) is 18.2 Å². The van der Waals surface area contributed by atoms with E-state index >= 15 is 0 Å². The van der Waals surface area contributed by atoms with Crippen LogP contribution in [0.25, 0.3) is 0 Å². The number of hydrogen-bond acceptors (Lipinski definition) is 4. The molecule has 2 amide bonds. The highest BCUT2D eigenvalue weighted by molar-refractivity contribution is 5.73. The minimum atomic E-state index is -0.143. The quantitative estimate of drug-likeness (QED) is 0.821. The molecule has 2 N–H and O–H groups in total. The first-order valence-corrected chi connectivity index (χ1v) is 8.17. The average molecular weight is 320 g/mol. The lowest BCUT2D eigenvalue weighted by atomic mass is 10.2. The van der Waals surface area contributed by atoms with Gasteiger partial charge in [0.1, 0.15) is 11.9 Å². The number of rotatable bonds is 6. The number of likely N-dealkylation sites (N-methyl/N-ethyl adjacent to an activating group) is 2. The van der Waals surface area contributed by atoms with Gasteiger partial charge >= 0.3 is 6.03 Å². The van der Waals surface area contributed by atoms with Gasteiger partial charge < -0.3 is 20.3 Å². The fourth-order valence-electron chi connectivity index (χ4n) is 2.60. The van der Waals surface area contributed by atoms with Crippen molar-refractivity contribution in [3.63, 3.8) is 0 Å². The van der Waals surface area contributed by atoms with Crippen molar-refractivity contribution >= 4 is 6.03 Å². The van der Waals surface area contributed by atoms with Crippen molar-refractivity contribution < 1.29 is 9.53 Å². The van der Waals surface area contributed by atoms with Gasteiger partial charge in [-0.25, -0.2) is 4.79 Å². The number of amides is 2. The number of nitrogens with one attached hydrogen (secondary N) is 2. The van der Waals surface area contributed by atoms with E-state index in [-0.39, 0.29) is 12.1 Å². The van der Waals surface area contributed by atoms with Crippen LogP contribution in [0.3, 0.4) is 0 Å². The Morgan fingerprint density at radius 1 is 1.26 bits per heavy atom. The summed E-state index contributed by atoms with van der Waals surface area (Å²) in [6.07, 6.45) is -0.0772. The van der Waals surface area contributed by atoms with Gasteiger partial charge in [0, 0.05) is 32.2 Å². The van der Waals surface area contributed by atoms with Crippen molar-refractivity contribution in [1.29, 1.82) is 0 Å². The van der Waals surface area contributed by atoms with Crippen molar-refractivity contribution in [2.45, 2.75) is 19.1 Å². The molecule has 128 valence electrons. The number of nitrogens with zero attached hydrogens (tertiary/aromatic N) is 2. The zero-order chi connectivity index (χ0) is 16.7. The van der Waals surface area contributed by atoms with Crippen molar-refractivity contribution in [3.8, 4) is 5.75 Å². The Morgan fingerprint density at radius 2 is 2.00 bits per heavy atom. The van der Waals surface area contributed by atoms with E-state index in [9.17, 15) is 4.79 Å². The third-order valence-electron chi connectivity index (χ3n) is 4.11. The monoisotopic (exact) mass is 320 g/mol. The molecule has 1 aliphatic rings. The van der Waals surface area contributed by atoms with Crippen LogP contribution in [0.2, 0.25) is 0 Å². The summed E-state index contributed by atoms with van der Waals surface area (Å²) in [5, 5.41) is 5.81. The number of para-hydroxylation sites is 1. The van der Waals surface area contributed by atoms with Crippen LogP contribution in [0, 0.1) is 0 Å². The maximum atomic E-state index is 11.9. The molecule has 2 rings (SSSR count). The SMILES string of the molecule is CC(CNC(=O)NCC1CN(C)CCN1C)Oc1ccccc1. The summed E-state index contributed by atoms with van der Waals surface area (Å²) in [7, 11) is 4.22. The molecule has 0 saturated carbocycles. The van der Waals surface area contributed by atoms with Gasteiger partial charge in [-0.05, 0) is 33.2 Å². The minimum absolute atomic E-state index is 0.0772. The largest absolute Gasteiger partial charge is 0.489 e. The van der Waals surface area contributed by atoms with Gasteiger partial charge in [-0.15, -0.1) is 0 Å². The Balaban J connectivity index is 1.64. The van der Waals surface area contributed by atoms with Crippen LogP contribution in [0.4, 0.5) is 4.79 Å². The van der Waals surface area contributed by atoms with E-state index in [4.69, 9.17) is 4.74 Å². The number of ether oxygens (including phenoxy) is 1.